The lowest BCUT2D eigenvalue weighted by Crippen LogP contribution is -2.36. The Bertz CT molecular complexity index is 730. The summed E-state index contributed by atoms with van der Waals surface area (Å²) in [5.41, 5.74) is 1.88. The molecule has 3 heterocycles. The Labute approximate surface area is 147 Å². The molecule has 3 rings (SSSR count). The molecule has 136 valence electrons. The van der Waals surface area contributed by atoms with Crippen LogP contribution >= 0.6 is 0 Å². The van der Waals surface area contributed by atoms with Crippen molar-refractivity contribution >= 4 is 5.91 Å². The number of amides is 1. The standard InChI is InChI=1S/C18H26N4O3/c1-10(2)17-19-16(21-25-17)15-7-6-8-22(15)18(23)11(3)9-14-12(4)20-24-13(14)5/h10-11,15H,6-9H2,1-5H3/t11-,15-/m0/s1. The lowest BCUT2D eigenvalue weighted by molar-refractivity contribution is -0.136. The third kappa shape index (κ3) is 3.45. The fraction of sp³-hybridized carbons (Fsp3) is 0.667. The van der Waals surface area contributed by atoms with Gasteiger partial charge in [-0.25, -0.2) is 0 Å². The lowest BCUT2D eigenvalue weighted by atomic mass is 9.98. The Hall–Kier alpha value is -2.18. The molecule has 0 saturated carbocycles. The number of carbonyl (C=O) groups is 1. The van der Waals surface area contributed by atoms with Crippen molar-refractivity contribution in [2.45, 2.75) is 65.8 Å². The summed E-state index contributed by atoms with van der Waals surface area (Å²) in [6, 6.07) is -0.0872. The van der Waals surface area contributed by atoms with E-state index in [4.69, 9.17) is 9.05 Å². The van der Waals surface area contributed by atoms with Crippen molar-refractivity contribution in [1.82, 2.24) is 20.2 Å². The summed E-state index contributed by atoms with van der Waals surface area (Å²) in [5, 5.41) is 8.09. The van der Waals surface area contributed by atoms with Crippen molar-refractivity contribution in [3.63, 3.8) is 0 Å². The second-order valence-electron chi connectivity index (χ2n) is 7.24. The quantitative estimate of drug-likeness (QED) is 0.825. The minimum Gasteiger partial charge on any atom is -0.361 e. The van der Waals surface area contributed by atoms with Gasteiger partial charge in [-0.3, -0.25) is 4.79 Å². The van der Waals surface area contributed by atoms with Crippen molar-refractivity contribution in [3.05, 3.63) is 28.7 Å². The highest BCUT2D eigenvalue weighted by molar-refractivity contribution is 5.79. The van der Waals surface area contributed by atoms with Crippen LogP contribution in [0, 0.1) is 19.8 Å². The molecule has 0 spiro atoms. The molecular formula is C18H26N4O3. The van der Waals surface area contributed by atoms with Gasteiger partial charge in [-0.15, -0.1) is 0 Å². The summed E-state index contributed by atoms with van der Waals surface area (Å²) in [4.78, 5) is 19.4. The summed E-state index contributed by atoms with van der Waals surface area (Å²) >= 11 is 0. The van der Waals surface area contributed by atoms with Gasteiger partial charge in [-0.05, 0) is 33.1 Å². The van der Waals surface area contributed by atoms with Gasteiger partial charge in [-0.2, -0.15) is 4.98 Å². The molecule has 25 heavy (non-hydrogen) atoms. The molecule has 1 amide bonds. The normalized spacial score (nSPS) is 19.0. The zero-order valence-corrected chi connectivity index (χ0v) is 15.6. The summed E-state index contributed by atoms with van der Waals surface area (Å²) in [7, 11) is 0. The van der Waals surface area contributed by atoms with Gasteiger partial charge in [-0.1, -0.05) is 31.1 Å². The smallest absolute Gasteiger partial charge is 0.229 e. The lowest BCUT2D eigenvalue weighted by Gasteiger charge is -2.25. The molecule has 1 fully saturated rings. The first-order chi connectivity index (χ1) is 11.9. The zero-order chi connectivity index (χ0) is 18.1. The first-order valence-corrected chi connectivity index (χ1v) is 8.94. The van der Waals surface area contributed by atoms with E-state index in [1.54, 1.807) is 0 Å². The molecule has 0 aliphatic carbocycles. The van der Waals surface area contributed by atoms with Crippen LogP contribution in [-0.2, 0) is 11.2 Å². The number of hydrogen-bond donors (Lipinski definition) is 0. The van der Waals surface area contributed by atoms with E-state index in [-0.39, 0.29) is 23.8 Å². The minimum atomic E-state index is -0.145. The third-order valence-corrected chi connectivity index (χ3v) is 4.90. The summed E-state index contributed by atoms with van der Waals surface area (Å²) in [6.07, 6.45) is 2.47. The van der Waals surface area contributed by atoms with Crippen LogP contribution in [0.15, 0.2) is 9.05 Å². The largest absolute Gasteiger partial charge is 0.361 e. The average molecular weight is 346 g/mol. The minimum absolute atomic E-state index is 0.0872. The number of hydrogen-bond acceptors (Lipinski definition) is 6. The van der Waals surface area contributed by atoms with Crippen LogP contribution in [0.2, 0.25) is 0 Å². The molecule has 0 N–H and O–H groups in total. The number of carbonyl (C=O) groups excluding carboxylic acids is 1. The fourth-order valence-corrected chi connectivity index (χ4v) is 3.39. The molecule has 1 saturated heterocycles. The molecule has 1 aliphatic rings. The van der Waals surface area contributed by atoms with Gasteiger partial charge in [0.1, 0.15) is 5.76 Å². The van der Waals surface area contributed by atoms with Gasteiger partial charge in [0, 0.05) is 23.9 Å². The molecular weight excluding hydrogens is 320 g/mol. The Kier molecular flexibility index (Phi) is 4.92. The van der Waals surface area contributed by atoms with E-state index in [0.717, 1.165) is 36.4 Å². The molecule has 0 unspecified atom stereocenters. The van der Waals surface area contributed by atoms with E-state index in [9.17, 15) is 4.79 Å². The summed E-state index contributed by atoms with van der Waals surface area (Å²) < 4.78 is 10.5. The number of aromatic nitrogens is 3. The number of rotatable bonds is 5. The van der Waals surface area contributed by atoms with Crippen molar-refractivity contribution in [2.24, 2.45) is 5.92 Å². The maximum atomic E-state index is 13.0. The molecule has 0 bridgehead atoms. The molecule has 7 heteroatoms. The van der Waals surface area contributed by atoms with Gasteiger partial charge in [0.15, 0.2) is 5.82 Å². The molecule has 1 aliphatic heterocycles. The Morgan fingerprint density at radius 1 is 1.24 bits per heavy atom. The van der Waals surface area contributed by atoms with Gasteiger partial charge >= 0.3 is 0 Å². The Balaban J connectivity index is 1.73. The molecule has 7 nitrogen and oxygen atoms in total. The van der Waals surface area contributed by atoms with Gasteiger partial charge in [0.2, 0.25) is 11.8 Å². The van der Waals surface area contributed by atoms with Crippen LogP contribution in [0.5, 0.6) is 0 Å². The fourth-order valence-electron chi connectivity index (χ4n) is 3.39. The van der Waals surface area contributed by atoms with Crippen molar-refractivity contribution in [1.29, 1.82) is 0 Å². The molecule has 2 atom stereocenters. The number of aryl methyl sites for hydroxylation is 2. The van der Waals surface area contributed by atoms with Crippen LogP contribution in [-0.4, -0.2) is 32.6 Å². The first-order valence-electron chi connectivity index (χ1n) is 8.94. The average Bonchev–Trinajstić information content (AvgIpc) is 3.29. The predicted molar refractivity (Wildman–Crippen MR) is 90.9 cm³/mol. The van der Waals surface area contributed by atoms with E-state index < -0.39 is 0 Å². The Morgan fingerprint density at radius 3 is 2.60 bits per heavy atom. The molecule has 0 radical (unpaired) electrons. The highest BCUT2D eigenvalue weighted by atomic mass is 16.5. The van der Waals surface area contributed by atoms with E-state index in [0.29, 0.717) is 18.1 Å². The van der Waals surface area contributed by atoms with Gasteiger partial charge in [0.05, 0.1) is 11.7 Å². The van der Waals surface area contributed by atoms with E-state index in [2.05, 4.69) is 15.3 Å². The maximum absolute atomic E-state index is 13.0. The molecule has 2 aromatic rings. The Morgan fingerprint density at radius 2 is 2.00 bits per heavy atom. The first kappa shape index (κ1) is 17.6. The number of likely N-dealkylation sites (tertiary alicyclic amines) is 1. The maximum Gasteiger partial charge on any atom is 0.229 e. The van der Waals surface area contributed by atoms with Crippen molar-refractivity contribution < 1.29 is 13.8 Å². The van der Waals surface area contributed by atoms with Crippen LogP contribution < -0.4 is 0 Å². The summed E-state index contributed by atoms with van der Waals surface area (Å²) in [6.45, 7) is 10.5. The van der Waals surface area contributed by atoms with Crippen molar-refractivity contribution in [3.8, 4) is 0 Å². The van der Waals surface area contributed by atoms with Crippen LogP contribution in [0.1, 0.15) is 74.3 Å². The SMILES string of the molecule is Cc1noc(C)c1C[C@H](C)C(=O)N1CCC[C@H]1c1noc(C(C)C)n1. The zero-order valence-electron chi connectivity index (χ0n) is 15.6. The molecule has 0 aromatic carbocycles. The van der Waals surface area contributed by atoms with Crippen LogP contribution in [0.25, 0.3) is 0 Å². The van der Waals surface area contributed by atoms with Crippen LogP contribution in [0.4, 0.5) is 0 Å². The predicted octanol–water partition coefficient (Wildman–Crippen LogP) is 3.34. The third-order valence-electron chi connectivity index (χ3n) is 4.90. The second kappa shape index (κ2) is 6.98. The van der Waals surface area contributed by atoms with Crippen molar-refractivity contribution in [2.75, 3.05) is 6.54 Å². The van der Waals surface area contributed by atoms with E-state index in [1.807, 2.05) is 39.5 Å². The monoisotopic (exact) mass is 346 g/mol. The highest BCUT2D eigenvalue weighted by Crippen LogP contribution is 2.32. The van der Waals surface area contributed by atoms with Gasteiger partial charge in [0.25, 0.3) is 0 Å². The van der Waals surface area contributed by atoms with E-state index >= 15 is 0 Å². The van der Waals surface area contributed by atoms with Gasteiger partial charge < -0.3 is 13.9 Å². The van der Waals surface area contributed by atoms with E-state index in [1.165, 1.54) is 0 Å². The summed E-state index contributed by atoms with van der Waals surface area (Å²) in [5.74, 6) is 2.20. The number of nitrogens with zero attached hydrogens (tertiary/aromatic N) is 4. The second-order valence-corrected chi connectivity index (χ2v) is 7.24. The van der Waals surface area contributed by atoms with Crippen LogP contribution in [0.3, 0.4) is 0 Å². The molecule has 2 aromatic heterocycles. The highest BCUT2D eigenvalue weighted by Gasteiger charge is 2.35. The topological polar surface area (TPSA) is 85.3 Å².